The number of aromatic nitrogens is 3. The lowest BCUT2D eigenvalue weighted by molar-refractivity contribution is -0.155. The van der Waals surface area contributed by atoms with Crippen molar-refractivity contribution in [3.8, 4) is 17.6 Å². The normalized spacial score (nSPS) is 11.3. The first kappa shape index (κ1) is 19.9. The summed E-state index contributed by atoms with van der Waals surface area (Å²) in [5.41, 5.74) is 0.664. The van der Waals surface area contributed by atoms with E-state index >= 15 is 0 Å². The molecule has 0 bridgehead atoms. The van der Waals surface area contributed by atoms with E-state index in [-0.39, 0.29) is 12.3 Å². The smallest absolute Gasteiger partial charge is 0.328 e. The van der Waals surface area contributed by atoms with Crippen LogP contribution < -0.4 is 4.74 Å². The molecule has 3 rings (SSSR count). The maximum absolute atomic E-state index is 12.1. The van der Waals surface area contributed by atoms with Gasteiger partial charge in [-0.15, -0.1) is 5.10 Å². The van der Waals surface area contributed by atoms with E-state index in [2.05, 4.69) is 10.3 Å². The molecule has 0 saturated carbocycles. The lowest BCUT2D eigenvalue weighted by atomic mass is 10.2. The SMILES string of the molecule is CC(C)(C)OC(=O)Cn1nnc2c(Oc3cc(Cl)cc(C#N)c3)c(Cl)ccc21. The van der Waals surface area contributed by atoms with Gasteiger partial charge in [0.1, 0.15) is 17.9 Å². The van der Waals surface area contributed by atoms with Crippen molar-refractivity contribution in [2.75, 3.05) is 0 Å². The van der Waals surface area contributed by atoms with Crippen LogP contribution in [-0.4, -0.2) is 26.6 Å². The molecule has 144 valence electrons. The van der Waals surface area contributed by atoms with E-state index in [1.807, 2.05) is 6.07 Å². The van der Waals surface area contributed by atoms with Crippen LogP contribution in [0.4, 0.5) is 0 Å². The van der Waals surface area contributed by atoms with Crippen molar-refractivity contribution in [2.45, 2.75) is 32.9 Å². The summed E-state index contributed by atoms with van der Waals surface area (Å²) in [6.07, 6.45) is 0. The van der Waals surface area contributed by atoms with Crippen molar-refractivity contribution >= 4 is 40.2 Å². The molecule has 0 aliphatic carbocycles. The summed E-state index contributed by atoms with van der Waals surface area (Å²) in [6, 6.07) is 9.93. The minimum absolute atomic E-state index is 0.107. The van der Waals surface area contributed by atoms with Crippen LogP contribution in [0.25, 0.3) is 11.0 Å². The number of esters is 1. The molecule has 0 atom stereocenters. The molecule has 0 fully saturated rings. The minimum atomic E-state index is -0.601. The second-order valence-electron chi connectivity index (χ2n) is 6.97. The molecule has 7 nitrogen and oxygen atoms in total. The van der Waals surface area contributed by atoms with Crippen LogP contribution in [0.2, 0.25) is 10.0 Å². The largest absolute Gasteiger partial charge is 0.459 e. The molecule has 28 heavy (non-hydrogen) atoms. The van der Waals surface area contributed by atoms with Crippen LogP contribution >= 0.6 is 23.2 Å². The molecule has 0 amide bonds. The van der Waals surface area contributed by atoms with Gasteiger partial charge in [0, 0.05) is 5.02 Å². The van der Waals surface area contributed by atoms with E-state index in [0.29, 0.717) is 32.4 Å². The lowest BCUT2D eigenvalue weighted by Gasteiger charge is -2.19. The number of halogens is 2. The van der Waals surface area contributed by atoms with Crippen molar-refractivity contribution in [1.82, 2.24) is 15.0 Å². The first-order chi connectivity index (χ1) is 13.2. The van der Waals surface area contributed by atoms with E-state index < -0.39 is 11.6 Å². The van der Waals surface area contributed by atoms with Crippen molar-refractivity contribution in [2.24, 2.45) is 0 Å². The van der Waals surface area contributed by atoms with E-state index in [1.165, 1.54) is 16.8 Å². The Morgan fingerprint density at radius 3 is 2.68 bits per heavy atom. The van der Waals surface area contributed by atoms with E-state index in [1.54, 1.807) is 39.0 Å². The Balaban J connectivity index is 1.95. The first-order valence-electron chi connectivity index (χ1n) is 8.28. The number of benzene rings is 2. The van der Waals surface area contributed by atoms with E-state index in [4.69, 9.17) is 37.9 Å². The summed E-state index contributed by atoms with van der Waals surface area (Å²) >= 11 is 12.3. The lowest BCUT2D eigenvalue weighted by Crippen LogP contribution is -2.26. The summed E-state index contributed by atoms with van der Waals surface area (Å²) < 4.78 is 12.6. The minimum Gasteiger partial charge on any atom is -0.459 e. The fraction of sp³-hybridized carbons (Fsp3) is 0.263. The average molecular weight is 419 g/mol. The Bertz CT molecular complexity index is 1100. The predicted octanol–water partition coefficient (Wildman–Crippen LogP) is 4.74. The van der Waals surface area contributed by atoms with Gasteiger partial charge in [-0.3, -0.25) is 4.79 Å². The van der Waals surface area contributed by atoms with Gasteiger partial charge in [-0.05, 0) is 51.1 Å². The summed E-state index contributed by atoms with van der Waals surface area (Å²) in [5, 5.41) is 17.8. The highest BCUT2D eigenvalue weighted by molar-refractivity contribution is 6.33. The Kier molecular flexibility index (Phi) is 5.45. The van der Waals surface area contributed by atoms with Crippen LogP contribution in [0.1, 0.15) is 26.3 Å². The van der Waals surface area contributed by atoms with Gasteiger partial charge in [-0.1, -0.05) is 28.4 Å². The third-order valence-electron chi connectivity index (χ3n) is 3.51. The molecule has 0 aliphatic rings. The van der Waals surface area contributed by atoms with Gasteiger partial charge < -0.3 is 9.47 Å². The zero-order valence-corrected chi connectivity index (χ0v) is 16.9. The van der Waals surface area contributed by atoms with E-state index in [0.717, 1.165) is 0 Å². The zero-order chi connectivity index (χ0) is 20.5. The number of fused-ring (bicyclic) bond motifs is 1. The van der Waals surface area contributed by atoms with Gasteiger partial charge in [-0.2, -0.15) is 5.26 Å². The van der Waals surface area contributed by atoms with Crippen molar-refractivity contribution < 1.29 is 14.3 Å². The fourth-order valence-corrected chi connectivity index (χ4v) is 2.92. The molecule has 9 heteroatoms. The topological polar surface area (TPSA) is 90.0 Å². The van der Waals surface area contributed by atoms with Crippen LogP contribution in [-0.2, 0) is 16.1 Å². The van der Waals surface area contributed by atoms with Gasteiger partial charge in [0.05, 0.1) is 22.2 Å². The number of rotatable bonds is 4. The van der Waals surface area contributed by atoms with E-state index in [9.17, 15) is 4.79 Å². The molecule has 3 aromatic rings. The summed E-state index contributed by atoms with van der Waals surface area (Å²) in [6.45, 7) is 5.26. The number of ether oxygens (including phenoxy) is 2. The van der Waals surface area contributed by atoms with Crippen LogP contribution in [0, 0.1) is 11.3 Å². The average Bonchev–Trinajstić information content (AvgIpc) is 2.98. The summed E-state index contributed by atoms with van der Waals surface area (Å²) in [7, 11) is 0. The highest BCUT2D eigenvalue weighted by Gasteiger charge is 2.20. The maximum Gasteiger partial charge on any atom is 0.328 e. The molecule has 0 N–H and O–H groups in total. The van der Waals surface area contributed by atoms with Crippen molar-refractivity contribution in [1.29, 1.82) is 5.26 Å². The molecular weight excluding hydrogens is 403 g/mol. The zero-order valence-electron chi connectivity index (χ0n) is 15.4. The molecule has 1 aromatic heterocycles. The highest BCUT2D eigenvalue weighted by Crippen LogP contribution is 2.36. The first-order valence-corrected chi connectivity index (χ1v) is 9.04. The Labute approximate surface area is 171 Å². The quantitative estimate of drug-likeness (QED) is 0.568. The van der Waals surface area contributed by atoms with Gasteiger partial charge >= 0.3 is 5.97 Å². The van der Waals surface area contributed by atoms with Gasteiger partial charge in [0.15, 0.2) is 11.3 Å². The molecule has 0 radical (unpaired) electrons. The summed E-state index contributed by atoms with van der Waals surface area (Å²) in [4.78, 5) is 12.1. The fourth-order valence-electron chi connectivity index (χ4n) is 2.50. The number of carbonyl (C=O) groups excluding carboxylic acids is 1. The monoisotopic (exact) mass is 418 g/mol. The molecular formula is C19H16Cl2N4O3. The Hall–Kier alpha value is -2.82. The highest BCUT2D eigenvalue weighted by atomic mass is 35.5. The molecule has 0 saturated heterocycles. The van der Waals surface area contributed by atoms with Gasteiger partial charge in [0.25, 0.3) is 0 Å². The van der Waals surface area contributed by atoms with Crippen molar-refractivity contribution in [3.63, 3.8) is 0 Å². The maximum atomic E-state index is 12.1. The second-order valence-corrected chi connectivity index (χ2v) is 7.81. The standard InChI is InChI=1S/C19H16Cl2N4O3/c1-19(2,3)28-16(26)10-25-15-5-4-14(21)18(17(15)23-24-25)27-13-7-11(9-22)6-12(20)8-13/h4-8H,10H2,1-3H3. The number of hydrogen-bond donors (Lipinski definition) is 0. The molecule has 0 spiro atoms. The Morgan fingerprint density at radius 1 is 1.25 bits per heavy atom. The van der Waals surface area contributed by atoms with Gasteiger partial charge in [0.2, 0.25) is 0 Å². The van der Waals surface area contributed by atoms with Crippen LogP contribution in [0.3, 0.4) is 0 Å². The Morgan fingerprint density at radius 2 is 2.00 bits per heavy atom. The molecule has 1 heterocycles. The number of nitriles is 1. The second kappa shape index (κ2) is 7.66. The molecule has 0 aliphatic heterocycles. The molecule has 2 aromatic carbocycles. The number of nitrogens with zero attached hydrogens (tertiary/aromatic N) is 4. The van der Waals surface area contributed by atoms with Crippen molar-refractivity contribution in [3.05, 3.63) is 45.9 Å². The number of hydrogen-bond acceptors (Lipinski definition) is 6. The number of carbonyl (C=O) groups is 1. The van der Waals surface area contributed by atoms with Gasteiger partial charge in [-0.25, -0.2) is 4.68 Å². The summed E-state index contributed by atoms with van der Waals surface area (Å²) in [5.74, 6) is 0.145. The van der Waals surface area contributed by atoms with Crippen LogP contribution in [0.15, 0.2) is 30.3 Å². The third kappa shape index (κ3) is 4.53. The van der Waals surface area contributed by atoms with Crippen LogP contribution in [0.5, 0.6) is 11.5 Å². The molecule has 0 unspecified atom stereocenters. The predicted molar refractivity (Wildman–Crippen MR) is 105 cm³/mol. The third-order valence-corrected chi connectivity index (χ3v) is 4.03.